The third kappa shape index (κ3) is 6.38. The lowest BCUT2D eigenvalue weighted by Crippen LogP contribution is -1.71. The van der Waals surface area contributed by atoms with Gasteiger partial charge in [0, 0.05) is 5.54 Å². The Hall–Kier alpha value is 0.380. The van der Waals surface area contributed by atoms with Crippen molar-refractivity contribution < 1.29 is 0 Å². The predicted molar refractivity (Wildman–Crippen MR) is 42.4 cm³/mol. The highest BCUT2D eigenvalue weighted by atomic mass is 35.5. The quantitative estimate of drug-likeness (QED) is 0.555. The summed E-state index contributed by atoms with van der Waals surface area (Å²) in [6, 6.07) is 0. The van der Waals surface area contributed by atoms with E-state index in [1.54, 1.807) is 17.3 Å². The van der Waals surface area contributed by atoms with Gasteiger partial charge in [-0.25, -0.2) is 0 Å². The maximum absolute atomic E-state index is 5.28. The van der Waals surface area contributed by atoms with Crippen molar-refractivity contribution in [3.63, 3.8) is 0 Å². The van der Waals surface area contributed by atoms with E-state index in [2.05, 4.69) is 6.92 Å². The molecule has 0 spiro atoms. The third-order valence-electron chi connectivity index (χ3n) is 0.763. The van der Waals surface area contributed by atoms with Crippen LogP contribution in [0.25, 0.3) is 0 Å². The van der Waals surface area contributed by atoms with Gasteiger partial charge in [0.25, 0.3) is 0 Å². The zero-order valence-electron chi connectivity index (χ0n) is 5.06. The summed E-state index contributed by atoms with van der Waals surface area (Å²) >= 11 is 7.04. The predicted octanol–water partition coefficient (Wildman–Crippen LogP) is 3.23. The van der Waals surface area contributed by atoms with Crippen molar-refractivity contribution in [2.75, 3.05) is 5.75 Å². The summed E-state index contributed by atoms with van der Waals surface area (Å²) in [4.78, 5) is 0. The van der Waals surface area contributed by atoms with Crippen LogP contribution in [0.1, 0.15) is 19.8 Å². The molecule has 0 aliphatic rings. The Kier molecular flexibility index (Phi) is 7.73. The molecule has 2 heteroatoms. The first-order valence-electron chi connectivity index (χ1n) is 2.78. The Morgan fingerprint density at radius 1 is 1.62 bits per heavy atom. The van der Waals surface area contributed by atoms with Crippen molar-refractivity contribution in [1.82, 2.24) is 0 Å². The molecule has 0 heterocycles. The Morgan fingerprint density at radius 3 is 2.88 bits per heavy atom. The molecule has 0 aromatic heterocycles. The normalized spacial score (nSPS) is 10.8. The van der Waals surface area contributed by atoms with Crippen molar-refractivity contribution >= 4 is 23.4 Å². The summed E-state index contributed by atoms with van der Waals surface area (Å²) < 4.78 is 0. The minimum absolute atomic E-state index is 1.19. The van der Waals surface area contributed by atoms with Gasteiger partial charge in [0.2, 0.25) is 0 Å². The maximum atomic E-state index is 5.28. The molecule has 0 fully saturated rings. The average molecular weight is 151 g/mol. The first-order chi connectivity index (χ1) is 3.91. The van der Waals surface area contributed by atoms with Gasteiger partial charge in [0.1, 0.15) is 0 Å². The molecule has 8 heavy (non-hydrogen) atoms. The van der Waals surface area contributed by atoms with E-state index < -0.39 is 0 Å². The Morgan fingerprint density at radius 2 is 2.38 bits per heavy atom. The number of hydrogen-bond donors (Lipinski definition) is 0. The highest BCUT2D eigenvalue weighted by molar-refractivity contribution is 8.02. The van der Waals surface area contributed by atoms with Crippen molar-refractivity contribution in [2.24, 2.45) is 0 Å². The second kappa shape index (κ2) is 7.38. The fraction of sp³-hybridized carbons (Fsp3) is 0.667. The molecule has 0 radical (unpaired) electrons. The van der Waals surface area contributed by atoms with Crippen LogP contribution in [0.4, 0.5) is 0 Å². The Bertz CT molecular complexity index is 61.5. The number of unbranched alkanes of at least 4 members (excludes halogenated alkanes) is 1. The van der Waals surface area contributed by atoms with Gasteiger partial charge >= 0.3 is 0 Å². The van der Waals surface area contributed by atoms with E-state index in [0.717, 1.165) is 0 Å². The highest BCUT2D eigenvalue weighted by Crippen LogP contribution is 2.05. The largest absolute Gasteiger partial charge is 0.133 e. The SMILES string of the molecule is CCCCS/C=C/Cl. The molecule has 0 aromatic rings. The summed E-state index contributed by atoms with van der Waals surface area (Å²) in [5, 5.41) is 1.91. The topological polar surface area (TPSA) is 0 Å². The minimum atomic E-state index is 1.19. The van der Waals surface area contributed by atoms with Crippen LogP contribution in [-0.2, 0) is 0 Å². The van der Waals surface area contributed by atoms with Crippen molar-refractivity contribution in [3.05, 3.63) is 10.9 Å². The van der Waals surface area contributed by atoms with Crippen LogP contribution in [0.2, 0.25) is 0 Å². The lowest BCUT2D eigenvalue weighted by molar-refractivity contribution is 0.898. The number of rotatable bonds is 4. The van der Waals surface area contributed by atoms with E-state index in [-0.39, 0.29) is 0 Å². The summed E-state index contributed by atoms with van der Waals surface area (Å²) in [5.41, 5.74) is 1.56. The molecule has 0 rings (SSSR count). The van der Waals surface area contributed by atoms with Gasteiger partial charge in [-0.05, 0) is 17.6 Å². The van der Waals surface area contributed by atoms with E-state index in [1.807, 2.05) is 5.41 Å². The van der Waals surface area contributed by atoms with Gasteiger partial charge in [-0.1, -0.05) is 24.9 Å². The van der Waals surface area contributed by atoms with Gasteiger partial charge in [-0.2, -0.15) is 0 Å². The van der Waals surface area contributed by atoms with Crippen LogP contribution in [-0.4, -0.2) is 5.75 Å². The molecule has 0 aliphatic carbocycles. The smallest absolute Gasteiger partial charge is 0.0106 e. The molecule has 0 saturated heterocycles. The van der Waals surface area contributed by atoms with E-state index in [4.69, 9.17) is 11.6 Å². The monoisotopic (exact) mass is 150 g/mol. The first-order valence-corrected chi connectivity index (χ1v) is 4.27. The molecule has 0 aromatic carbocycles. The first kappa shape index (κ1) is 8.38. The molecular weight excluding hydrogens is 140 g/mol. The van der Waals surface area contributed by atoms with Gasteiger partial charge in [0.15, 0.2) is 0 Å². The second-order valence-electron chi connectivity index (χ2n) is 1.49. The van der Waals surface area contributed by atoms with Crippen LogP contribution < -0.4 is 0 Å². The van der Waals surface area contributed by atoms with Gasteiger partial charge in [-0.15, -0.1) is 11.8 Å². The Labute approximate surface area is 60.3 Å². The van der Waals surface area contributed by atoms with Crippen LogP contribution in [0.3, 0.4) is 0 Å². The van der Waals surface area contributed by atoms with Crippen molar-refractivity contribution in [2.45, 2.75) is 19.8 Å². The molecule has 0 unspecified atom stereocenters. The summed E-state index contributed by atoms with van der Waals surface area (Å²) in [5.74, 6) is 1.19. The zero-order chi connectivity index (χ0) is 6.24. The lowest BCUT2D eigenvalue weighted by atomic mass is 10.4. The summed E-state index contributed by atoms with van der Waals surface area (Å²) in [6.07, 6.45) is 2.55. The molecule has 0 atom stereocenters. The molecule has 0 aliphatic heterocycles. The van der Waals surface area contributed by atoms with Gasteiger partial charge in [0.05, 0.1) is 0 Å². The molecule has 0 nitrogen and oxygen atoms in total. The van der Waals surface area contributed by atoms with Gasteiger partial charge in [-0.3, -0.25) is 0 Å². The third-order valence-corrected chi connectivity index (χ3v) is 1.89. The van der Waals surface area contributed by atoms with E-state index in [9.17, 15) is 0 Å². The van der Waals surface area contributed by atoms with Crippen LogP contribution in [0, 0.1) is 0 Å². The Balaban J connectivity index is 2.72. The van der Waals surface area contributed by atoms with E-state index >= 15 is 0 Å². The second-order valence-corrected chi connectivity index (χ2v) is 2.75. The minimum Gasteiger partial charge on any atom is -0.133 e. The van der Waals surface area contributed by atoms with Gasteiger partial charge < -0.3 is 0 Å². The van der Waals surface area contributed by atoms with Crippen LogP contribution >= 0.6 is 23.4 Å². The number of halogens is 1. The molecule has 48 valence electrons. The van der Waals surface area contributed by atoms with E-state index in [1.165, 1.54) is 18.6 Å². The van der Waals surface area contributed by atoms with Crippen molar-refractivity contribution in [3.8, 4) is 0 Å². The molecule has 0 bridgehead atoms. The molecular formula is C6H11ClS. The van der Waals surface area contributed by atoms with E-state index in [0.29, 0.717) is 0 Å². The average Bonchev–Trinajstić information content (AvgIpc) is 1.81. The standard InChI is InChI=1S/C6H11ClS/c1-2-3-5-8-6-4-7/h4,6H,2-3,5H2,1H3/b6-4+. The van der Waals surface area contributed by atoms with Crippen LogP contribution in [0.15, 0.2) is 10.9 Å². The molecule has 0 N–H and O–H groups in total. The molecule has 0 amide bonds. The lowest BCUT2D eigenvalue weighted by Gasteiger charge is -1.88. The highest BCUT2D eigenvalue weighted by Gasteiger charge is 1.79. The fourth-order valence-electron chi connectivity index (χ4n) is 0.332. The van der Waals surface area contributed by atoms with Crippen molar-refractivity contribution in [1.29, 1.82) is 0 Å². The maximum Gasteiger partial charge on any atom is 0.0106 e. The number of thioether (sulfide) groups is 1. The zero-order valence-corrected chi connectivity index (χ0v) is 6.63. The fourth-order valence-corrected chi connectivity index (χ4v) is 1.21. The summed E-state index contributed by atoms with van der Waals surface area (Å²) in [6.45, 7) is 2.19. The summed E-state index contributed by atoms with van der Waals surface area (Å²) in [7, 11) is 0. The number of hydrogen-bond acceptors (Lipinski definition) is 1. The van der Waals surface area contributed by atoms with Crippen LogP contribution in [0.5, 0.6) is 0 Å². The molecule has 0 saturated carbocycles.